The normalized spacial score (nSPS) is 12.2. The number of aliphatic hydroxyl groups excluding tert-OH is 1. The van der Waals surface area contributed by atoms with Crippen molar-refractivity contribution in [1.29, 1.82) is 0 Å². The molecule has 0 bridgehead atoms. The van der Waals surface area contributed by atoms with Gasteiger partial charge in [0.2, 0.25) is 0 Å². The van der Waals surface area contributed by atoms with Crippen LogP contribution < -0.4 is 10.1 Å². The quantitative estimate of drug-likeness (QED) is 0.723. The molecule has 2 aromatic rings. The molecule has 0 spiro atoms. The van der Waals surface area contributed by atoms with E-state index in [9.17, 15) is 9.90 Å². The molecular weight excluding hydrogens is 367 g/mol. The molecule has 9 heteroatoms. The first kappa shape index (κ1) is 19.5. The maximum Gasteiger partial charge on any atom is 0.271 e. The number of hydrogen-bond acceptors (Lipinski definition) is 5. The van der Waals surface area contributed by atoms with Crippen molar-refractivity contribution in [3.63, 3.8) is 0 Å². The molecule has 1 amide bonds. The van der Waals surface area contributed by atoms with Crippen LogP contribution in [0.5, 0.6) is 5.75 Å². The highest BCUT2D eigenvalue weighted by molar-refractivity contribution is 6.37. The van der Waals surface area contributed by atoms with E-state index in [1.165, 1.54) is 4.68 Å². The average molecular weight is 387 g/mol. The predicted octanol–water partition coefficient (Wildman–Crippen LogP) is 1.88. The van der Waals surface area contributed by atoms with Gasteiger partial charge in [-0.15, -0.1) is 0 Å². The van der Waals surface area contributed by atoms with E-state index in [1.54, 1.807) is 30.5 Å². The lowest BCUT2D eigenvalue weighted by molar-refractivity contribution is 0.0885. The van der Waals surface area contributed by atoms with Gasteiger partial charge in [-0.2, -0.15) is 5.10 Å². The van der Waals surface area contributed by atoms with Crippen molar-refractivity contribution in [3.8, 4) is 5.75 Å². The lowest BCUT2D eigenvalue weighted by Crippen LogP contribution is -2.37. The minimum Gasteiger partial charge on any atom is -0.468 e. The molecular formula is C16H20Cl2N4O3. The molecule has 0 saturated heterocycles. The maximum absolute atomic E-state index is 12.0. The van der Waals surface area contributed by atoms with Crippen molar-refractivity contribution >= 4 is 29.1 Å². The second-order valence-electron chi connectivity index (χ2n) is 5.69. The van der Waals surface area contributed by atoms with Crippen molar-refractivity contribution in [1.82, 2.24) is 20.0 Å². The molecule has 1 aromatic heterocycles. The summed E-state index contributed by atoms with van der Waals surface area (Å²) in [4.78, 5) is 13.9. The Morgan fingerprint density at radius 3 is 2.68 bits per heavy atom. The summed E-state index contributed by atoms with van der Waals surface area (Å²) in [6.07, 6.45) is 0.961. The smallest absolute Gasteiger partial charge is 0.271 e. The molecule has 1 atom stereocenters. The number of halogens is 2. The number of rotatable bonds is 8. The monoisotopic (exact) mass is 386 g/mol. The number of carbonyl (C=O) groups excluding carboxylic acids is 1. The minimum absolute atomic E-state index is 0.0555. The first-order valence-corrected chi connectivity index (χ1v) is 8.33. The lowest BCUT2D eigenvalue weighted by atomic mass is 10.3. The molecule has 0 radical (unpaired) electrons. The molecule has 0 aliphatic rings. The van der Waals surface area contributed by atoms with Crippen molar-refractivity contribution < 1.29 is 14.6 Å². The third-order valence-electron chi connectivity index (χ3n) is 3.21. The molecule has 2 rings (SSSR count). The van der Waals surface area contributed by atoms with Crippen LogP contribution >= 0.6 is 23.2 Å². The molecule has 136 valence electrons. The number of aliphatic hydroxyl groups is 1. The molecule has 1 unspecified atom stereocenters. The molecule has 25 heavy (non-hydrogen) atoms. The number of amides is 1. The molecule has 0 aliphatic heterocycles. The van der Waals surface area contributed by atoms with E-state index in [4.69, 9.17) is 27.9 Å². The van der Waals surface area contributed by atoms with Gasteiger partial charge in [-0.3, -0.25) is 4.79 Å². The molecule has 1 aromatic carbocycles. The Hall–Kier alpha value is -1.80. The predicted molar refractivity (Wildman–Crippen MR) is 96.2 cm³/mol. The van der Waals surface area contributed by atoms with E-state index in [0.29, 0.717) is 22.3 Å². The van der Waals surface area contributed by atoms with Crippen LogP contribution in [0, 0.1) is 0 Å². The topological polar surface area (TPSA) is 79.6 Å². The van der Waals surface area contributed by atoms with Crippen molar-refractivity contribution in [3.05, 3.63) is 46.2 Å². The van der Waals surface area contributed by atoms with Crippen LogP contribution in [-0.2, 0) is 6.73 Å². The maximum atomic E-state index is 12.0. The summed E-state index contributed by atoms with van der Waals surface area (Å²) in [5.41, 5.74) is 0.228. The van der Waals surface area contributed by atoms with Gasteiger partial charge in [0.1, 0.15) is 5.69 Å². The van der Waals surface area contributed by atoms with E-state index in [0.717, 1.165) is 0 Å². The van der Waals surface area contributed by atoms with Crippen molar-refractivity contribution in [2.24, 2.45) is 0 Å². The van der Waals surface area contributed by atoms with Gasteiger partial charge in [-0.25, -0.2) is 4.68 Å². The number of nitrogens with one attached hydrogen (secondary N) is 1. The van der Waals surface area contributed by atoms with E-state index >= 15 is 0 Å². The van der Waals surface area contributed by atoms with Gasteiger partial charge in [0, 0.05) is 19.3 Å². The number of carbonyl (C=O) groups is 1. The number of hydrogen-bond donors (Lipinski definition) is 2. The Morgan fingerprint density at radius 2 is 2.04 bits per heavy atom. The van der Waals surface area contributed by atoms with Gasteiger partial charge in [0.25, 0.3) is 5.91 Å². The summed E-state index contributed by atoms with van der Waals surface area (Å²) in [5, 5.41) is 17.3. The average Bonchev–Trinajstić information content (AvgIpc) is 3.00. The molecule has 0 aliphatic carbocycles. The molecule has 0 fully saturated rings. The number of ether oxygens (including phenoxy) is 1. The minimum atomic E-state index is -0.647. The van der Waals surface area contributed by atoms with E-state index in [-0.39, 0.29) is 24.9 Å². The second-order valence-corrected chi connectivity index (χ2v) is 6.51. The standard InChI is InChI=1S/C16H20Cl2N4O3/c1-21(2)9-11(23)8-19-16(24)14-6-7-22(20-14)10-25-15-12(17)4-3-5-13(15)18/h3-7,11,23H,8-10H2,1-2H3,(H,19,24). The van der Waals surface area contributed by atoms with Gasteiger partial charge >= 0.3 is 0 Å². The van der Waals surface area contributed by atoms with Crippen molar-refractivity contribution in [2.45, 2.75) is 12.8 Å². The SMILES string of the molecule is CN(C)CC(O)CNC(=O)c1ccn(COc2c(Cl)cccc2Cl)n1. The molecule has 2 N–H and O–H groups in total. The number of para-hydroxylation sites is 1. The van der Waals surface area contributed by atoms with Crippen LogP contribution in [0.3, 0.4) is 0 Å². The van der Waals surface area contributed by atoms with Gasteiger partial charge in [-0.1, -0.05) is 29.3 Å². The number of likely N-dealkylation sites (N-methyl/N-ethyl adjacent to an activating group) is 1. The first-order valence-electron chi connectivity index (χ1n) is 7.58. The van der Waals surface area contributed by atoms with E-state index in [1.807, 2.05) is 19.0 Å². The third kappa shape index (κ3) is 5.89. The fourth-order valence-corrected chi connectivity index (χ4v) is 2.60. The van der Waals surface area contributed by atoms with Gasteiger partial charge in [0.05, 0.1) is 16.1 Å². The Morgan fingerprint density at radius 1 is 1.36 bits per heavy atom. The highest BCUT2D eigenvalue weighted by atomic mass is 35.5. The Kier molecular flexibility index (Phi) is 7.07. The molecule has 0 saturated carbocycles. The number of benzene rings is 1. The van der Waals surface area contributed by atoms with Crippen LogP contribution in [0.1, 0.15) is 10.5 Å². The van der Waals surface area contributed by atoms with E-state index < -0.39 is 6.10 Å². The zero-order chi connectivity index (χ0) is 18.4. The highest BCUT2D eigenvalue weighted by Gasteiger charge is 2.13. The highest BCUT2D eigenvalue weighted by Crippen LogP contribution is 2.32. The second kappa shape index (κ2) is 9.05. The van der Waals surface area contributed by atoms with Gasteiger partial charge in [0.15, 0.2) is 12.5 Å². The van der Waals surface area contributed by atoms with E-state index in [2.05, 4.69) is 10.4 Å². The fraction of sp³-hybridized carbons (Fsp3) is 0.375. The van der Waals surface area contributed by atoms with Gasteiger partial charge in [-0.05, 0) is 32.3 Å². The zero-order valence-electron chi connectivity index (χ0n) is 13.9. The summed E-state index contributed by atoms with van der Waals surface area (Å²) in [6, 6.07) is 6.62. The molecule has 1 heterocycles. The summed E-state index contributed by atoms with van der Waals surface area (Å²) in [5.74, 6) is -0.00789. The lowest BCUT2D eigenvalue weighted by Gasteiger charge is -2.15. The Balaban J connectivity index is 1.88. The number of nitrogens with zero attached hydrogens (tertiary/aromatic N) is 3. The zero-order valence-corrected chi connectivity index (χ0v) is 15.5. The molecule has 7 nitrogen and oxygen atoms in total. The Bertz CT molecular complexity index is 701. The van der Waals surface area contributed by atoms with Crippen LogP contribution in [0.25, 0.3) is 0 Å². The Labute approximate surface area is 156 Å². The number of aromatic nitrogens is 2. The summed E-state index contributed by atoms with van der Waals surface area (Å²) >= 11 is 12.1. The fourth-order valence-electron chi connectivity index (χ4n) is 2.09. The van der Waals surface area contributed by atoms with Gasteiger partial charge < -0.3 is 20.1 Å². The summed E-state index contributed by atoms with van der Waals surface area (Å²) in [7, 11) is 3.69. The van der Waals surface area contributed by atoms with Crippen LogP contribution in [-0.4, -0.2) is 59.0 Å². The first-order chi connectivity index (χ1) is 11.9. The third-order valence-corrected chi connectivity index (χ3v) is 3.80. The van der Waals surface area contributed by atoms with Crippen LogP contribution in [0.4, 0.5) is 0 Å². The summed E-state index contributed by atoms with van der Waals surface area (Å²) < 4.78 is 7.00. The van der Waals surface area contributed by atoms with Crippen molar-refractivity contribution in [2.75, 3.05) is 27.2 Å². The van der Waals surface area contributed by atoms with Crippen LogP contribution in [0.15, 0.2) is 30.5 Å². The van der Waals surface area contributed by atoms with Crippen LogP contribution in [0.2, 0.25) is 10.0 Å². The summed E-state index contributed by atoms with van der Waals surface area (Å²) in [6.45, 7) is 0.663. The largest absolute Gasteiger partial charge is 0.468 e.